The first-order chi connectivity index (χ1) is 22.3. The van der Waals surface area contributed by atoms with Crippen LogP contribution in [0.15, 0.2) is 60.7 Å². The van der Waals surface area contributed by atoms with Crippen LogP contribution in [0, 0.1) is 16.7 Å². The van der Waals surface area contributed by atoms with E-state index in [-0.39, 0.29) is 32.0 Å². The first kappa shape index (κ1) is 35.3. The van der Waals surface area contributed by atoms with E-state index in [1.165, 1.54) is 4.90 Å². The van der Waals surface area contributed by atoms with Crippen molar-refractivity contribution in [2.24, 2.45) is 16.7 Å². The normalized spacial score (nSPS) is 26.6. The first-order valence-corrected chi connectivity index (χ1v) is 17.0. The van der Waals surface area contributed by atoms with Crippen molar-refractivity contribution in [2.75, 3.05) is 26.2 Å². The Morgan fingerprint density at radius 1 is 0.833 bits per heavy atom. The molecule has 4 unspecified atom stereocenters. The summed E-state index contributed by atoms with van der Waals surface area (Å²) < 4.78 is 9.37. The van der Waals surface area contributed by atoms with Gasteiger partial charge >= 0.3 is 12.2 Å². The Morgan fingerprint density at radius 2 is 1.35 bits per heavy atom. The van der Waals surface area contributed by atoms with Crippen molar-refractivity contribution in [3.63, 3.8) is 0 Å². The van der Waals surface area contributed by atoms with Gasteiger partial charge in [-0.3, -0.25) is 19.3 Å². The molecule has 1 saturated heterocycles. The molecule has 48 heavy (non-hydrogen) atoms. The third-order valence-electron chi connectivity index (χ3n) is 9.39. The van der Waals surface area contributed by atoms with Gasteiger partial charge in [-0.2, -0.15) is 0 Å². The van der Waals surface area contributed by atoms with E-state index in [1.807, 2.05) is 60.7 Å². The summed E-state index contributed by atoms with van der Waals surface area (Å²) in [5.41, 5.74) is -1.09. The number of carbonyl (C=O) groups excluding carboxylic acids is 5. The highest BCUT2D eigenvalue weighted by Gasteiger charge is 2.85. The van der Waals surface area contributed by atoms with Gasteiger partial charge in [-0.15, -0.1) is 0 Å². The number of rotatable bonds is 8. The number of nitrogens with zero attached hydrogens (tertiary/aromatic N) is 2. The summed E-state index contributed by atoms with van der Waals surface area (Å²) in [6, 6.07) is 19.1. The highest BCUT2D eigenvalue weighted by Crippen LogP contribution is 2.77. The zero-order valence-electron chi connectivity index (χ0n) is 28.8. The molecule has 4 amide bonds. The standard InChI is InChI=1S/C37H44BrN3O7/c1-33(2,3)47-31(45)39-19-20-40(32(46)48-34(4,5)6)21-22-41-28(42)27-35(7)25(23-15-11-9-12-16-23)26(24-17-13-10-14-18-24)36(8,29(35)43)37(27,38)30(41)44/h9-18,27H,19-22H2,1-8H3,(H,39,45). The van der Waals surface area contributed by atoms with Crippen LogP contribution in [-0.2, 0) is 23.9 Å². The average molecular weight is 723 g/mol. The van der Waals surface area contributed by atoms with Crippen molar-refractivity contribution in [1.29, 1.82) is 0 Å². The summed E-state index contributed by atoms with van der Waals surface area (Å²) in [6.07, 6.45) is -1.29. The predicted molar refractivity (Wildman–Crippen MR) is 185 cm³/mol. The quantitative estimate of drug-likeness (QED) is 0.259. The average Bonchev–Trinajstić information content (AvgIpc) is 3.37. The highest BCUT2D eigenvalue weighted by molar-refractivity contribution is 9.10. The number of alkyl carbamates (subject to hydrolysis) is 1. The number of halogens is 1. The van der Waals surface area contributed by atoms with E-state index in [1.54, 1.807) is 55.4 Å². The molecule has 0 aromatic heterocycles. The Bertz CT molecular complexity index is 1680. The van der Waals surface area contributed by atoms with Gasteiger partial charge in [-0.1, -0.05) is 76.6 Å². The minimum atomic E-state index is -1.54. The molecule has 2 aromatic carbocycles. The fourth-order valence-corrected chi connectivity index (χ4v) is 8.77. The molecule has 256 valence electrons. The maximum Gasteiger partial charge on any atom is 0.410 e. The number of nitrogens with one attached hydrogen (secondary N) is 1. The van der Waals surface area contributed by atoms with Crippen LogP contribution in [0.25, 0.3) is 11.1 Å². The van der Waals surface area contributed by atoms with Crippen molar-refractivity contribution in [3.8, 4) is 0 Å². The van der Waals surface area contributed by atoms with Crippen LogP contribution in [0.4, 0.5) is 9.59 Å². The van der Waals surface area contributed by atoms with E-state index in [2.05, 4.69) is 21.2 Å². The molecule has 10 nitrogen and oxygen atoms in total. The Hall–Kier alpha value is -3.99. The van der Waals surface area contributed by atoms with Gasteiger partial charge in [0.25, 0.3) is 0 Å². The minimum absolute atomic E-state index is 0.0407. The SMILES string of the molecule is CC(C)(C)OC(=O)NCCN(CCN1C(=O)C2C3(C)C(=O)C(C)(C(c4ccccc4)=C3c3ccccc3)C2(Br)C1=O)C(=O)OC(C)(C)C. The monoisotopic (exact) mass is 721 g/mol. The molecule has 4 atom stereocenters. The zero-order valence-corrected chi connectivity index (χ0v) is 30.4. The van der Waals surface area contributed by atoms with Crippen LogP contribution in [0.2, 0.25) is 0 Å². The Kier molecular flexibility index (Phi) is 8.95. The summed E-state index contributed by atoms with van der Waals surface area (Å²) in [6.45, 7) is 13.9. The van der Waals surface area contributed by atoms with Crippen molar-refractivity contribution < 1.29 is 33.4 Å². The number of ether oxygens (including phenoxy) is 2. The van der Waals surface area contributed by atoms with Crippen LogP contribution in [0.3, 0.4) is 0 Å². The maximum absolute atomic E-state index is 14.6. The van der Waals surface area contributed by atoms with Gasteiger partial charge < -0.3 is 19.7 Å². The molecular formula is C37H44BrN3O7. The number of allylic oxidation sites excluding steroid dienone is 2. The summed E-state index contributed by atoms with van der Waals surface area (Å²) in [7, 11) is 0. The second kappa shape index (κ2) is 12.2. The van der Waals surface area contributed by atoms with E-state index in [0.29, 0.717) is 0 Å². The van der Waals surface area contributed by atoms with E-state index in [4.69, 9.17) is 9.47 Å². The number of amides is 4. The topological polar surface area (TPSA) is 122 Å². The molecule has 1 heterocycles. The fourth-order valence-electron chi connectivity index (χ4n) is 7.52. The van der Waals surface area contributed by atoms with Gasteiger partial charge in [0.2, 0.25) is 11.8 Å². The van der Waals surface area contributed by atoms with Gasteiger partial charge in [0, 0.05) is 26.2 Å². The molecule has 0 radical (unpaired) electrons. The molecule has 1 N–H and O–H groups in total. The number of Topliss-reactive ketones (excluding diaryl/α,β-unsaturated/α-hetero) is 1. The number of fused-ring (bicyclic) bond motifs is 5. The smallest absolute Gasteiger partial charge is 0.410 e. The van der Waals surface area contributed by atoms with Crippen LogP contribution in [0.5, 0.6) is 0 Å². The van der Waals surface area contributed by atoms with E-state index in [0.717, 1.165) is 27.2 Å². The van der Waals surface area contributed by atoms with Crippen molar-refractivity contribution >= 4 is 56.9 Å². The largest absolute Gasteiger partial charge is 0.444 e. The van der Waals surface area contributed by atoms with Crippen molar-refractivity contribution in [3.05, 3.63) is 71.8 Å². The lowest BCUT2D eigenvalue weighted by atomic mass is 9.63. The van der Waals surface area contributed by atoms with Crippen molar-refractivity contribution in [2.45, 2.75) is 70.9 Å². The van der Waals surface area contributed by atoms with Crippen LogP contribution < -0.4 is 5.32 Å². The number of hydrogen-bond donors (Lipinski definition) is 1. The Balaban J connectivity index is 1.47. The van der Waals surface area contributed by atoms with Crippen LogP contribution in [-0.4, -0.2) is 81.3 Å². The zero-order chi connectivity index (χ0) is 35.4. The Morgan fingerprint density at radius 3 is 1.88 bits per heavy atom. The third-order valence-corrected chi connectivity index (χ3v) is 11.0. The molecular weight excluding hydrogens is 678 g/mol. The van der Waals surface area contributed by atoms with Crippen molar-refractivity contribution in [1.82, 2.24) is 15.1 Å². The minimum Gasteiger partial charge on any atom is -0.444 e. The molecule has 1 saturated carbocycles. The molecule has 5 rings (SSSR count). The lowest BCUT2D eigenvalue weighted by Gasteiger charge is -2.41. The van der Waals surface area contributed by atoms with Gasteiger partial charge in [-0.05, 0) is 77.7 Å². The number of likely N-dealkylation sites (tertiary alicyclic amines) is 1. The van der Waals surface area contributed by atoms with Gasteiger partial charge in [-0.25, -0.2) is 9.59 Å². The van der Waals surface area contributed by atoms with Crippen LogP contribution >= 0.6 is 15.9 Å². The molecule has 2 fully saturated rings. The molecule has 0 spiro atoms. The second-order valence-corrected chi connectivity index (χ2v) is 16.2. The molecule has 2 aliphatic carbocycles. The summed E-state index contributed by atoms with van der Waals surface area (Å²) in [5.74, 6) is -2.19. The number of imide groups is 1. The molecule has 2 aromatic rings. The van der Waals surface area contributed by atoms with Gasteiger partial charge in [0.05, 0.1) is 16.7 Å². The predicted octanol–water partition coefficient (Wildman–Crippen LogP) is 6.09. The third kappa shape index (κ3) is 5.63. The first-order valence-electron chi connectivity index (χ1n) is 16.2. The number of hydrogen-bond acceptors (Lipinski definition) is 7. The fraction of sp³-hybridized carbons (Fsp3) is 0.486. The van der Waals surface area contributed by atoms with Gasteiger partial charge in [0.1, 0.15) is 15.5 Å². The van der Waals surface area contributed by atoms with Crippen LogP contribution in [0.1, 0.15) is 66.5 Å². The summed E-state index contributed by atoms with van der Waals surface area (Å²) >= 11 is 3.77. The maximum atomic E-state index is 14.6. The Labute approximate surface area is 290 Å². The number of carbonyl (C=O) groups is 5. The lowest BCUT2D eigenvalue weighted by molar-refractivity contribution is -0.144. The van der Waals surface area contributed by atoms with E-state index >= 15 is 0 Å². The number of benzene rings is 2. The molecule has 11 heteroatoms. The number of ketones is 1. The van der Waals surface area contributed by atoms with Gasteiger partial charge in [0.15, 0.2) is 5.78 Å². The second-order valence-electron chi connectivity index (χ2n) is 15.0. The molecule has 1 aliphatic heterocycles. The summed E-state index contributed by atoms with van der Waals surface area (Å²) in [5, 5.41) is 2.64. The molecule has 2 bridgehead atoms. The number of alkyl halides is 1. The van der Waals surface area contributed by atoms with E-state index < -0.39 is 56.3 Å². The summed E-state index contributed by atoms with van der Waals surface area (Å²) in [4.78, 5) is 71.6. The lowest BCUT2D eigenvalue weighted by Crippen LogP contribution is -2.51. The van der Waals surface area contributed by atoms with E-state index in [9.17, 15) is 24.0 Å². The molecule has 3 aliphatic rings. The highest BCUT2D eigenvalue weighted by atomic mass is 79.9.